The maximum Gasteiger partial charge on any atom is 0.405 e. The van der Waals surface area contributed by atoms with Crippen LogP contribution >= 0.6 is 0 Å². The Bertz CT molecular complexity index is 1150. The lowest BCUT2D eigenvalue weighted by Crippen LogP contribution is -2.37. The predicted octanol–water partition coefficient (Wildman–Crippen LogP) is 1.98. The van der Waals surface area contributed by atoms with Crippen molar-refractivity contribution in [1.82, 2.24) is 10.6 Å². The van der Waals surface area contributed by atoms with Gasteiger partial charge in [-0.05, 0) is 38.2 Å². The van der Waals surface area contributed by atoms with Crippen LogP contribution in [0.25, 0.3) is 0 Å². The summed E-state index contributed by atoms with van der Waals surface area (Å²) in [5.74, 6) is -2.06. The minimum Gasteiger partial charge on any atom is -0.439 e. The van der Waals surface area contributed by atoms with Crippen LogP contribution in [0.5, 0.6) is 0 Å². The lowest BCUT2D eigenvalue weighted by molar-refractivity contribution is -0.120. The average molecular weight is 560 g/mol. The zero-order valence-corrected chi connectivity index (χ0v) is 24.1. The zero-order valence-electron chi connectivity index (χ0n) is 24.1. The fourth-order valence-corrected chi connectivity index (χ4v) is 4.86. The summed E-state index contributed by atoms with van der Waals surface area (Å²) in [4.78, 5) is 50.7. The minimum absolute atomic E-state index is 0.118. The Balaban J connectivity index is 2.60. The molecule has 2 bridgehead atoms. The van der Waals surface area contributed by atoms with Crippen LogP contribution in [0.4, 0.5) is 4.79 Å². The van der Waals surface area contributed by atoms with Crippen LogP contribution in [0.15, 0.2) is 58.5 Å². The second-order valence-electron chi connectivity index (χ2n) is 10.2. The van der Waals surface area contributed by atoms with Crippen LogP contribution in [0.3, 0.4) is 0 Å². The number of allylic oxidation sites excluding steroid dienone is 4. The van der Waals surface area contributed by atoms with Crippen molar-refractivity contribution in [2.24, 2.45) is 17.6 Å². The Labute approximate surface area is 235 Å². The summed E-state index contributed by atoms with van der Waals surface area (Å²) in [6, 6.07) is 0. The third kappa shape index (κ3) is 8.23. The summed E-state index contributed by atoms with van der Waals surface area (Å²) in [5, 5.41) is 16.5. The summed E-state index contributed by atoms with van der Waals surface area (Å²) in [7, 11) is 4.48. The second-order valence-corrected chi connectivity index (χ2v) is 10.2. The molecule has 11 heteroatoms. The number of likely N-dealkylation sites (N-methyl/N-ethyl adjacent to an activating group) is 1. The molecule has 40 heavy (non-hydrogen) atoms. The standard InChI is InChI=1S/C29H41N3O8/c1-15-11-19-24(31-5)21(33)14-20(26(19)35)32-28(36)16(2)9-8-10-22(38-6)27(40-29(30)37)18(4)13-17(3)25(34)23(12-15)39-7/h8-10,13-15,17,22-23,25,27,31,34H,11-12H2,1-7H3,(H2,30,37)(H,32,36)/t15?,17-,22-,23?,25+,27-/m1/s1. The van der Waals surface area contributed by atoms with E-state index in [1.165, 1.54) is 20.3 Å². The van der Waals surface area contributed by atoms with E-state index in [-0.39, 0.29) is 34.9 Å². The summed E-state index contributed by atoms with van der Waals surface area (Å²) < 4.78 is 16.5. The number of methoxy groups -OCH3 is 2. The Kier molecular flexibility index (Phi) is 12.0. The summed E-state index contributed by atoms with van der Waals surface area (Å²) in [6.07, 6.45) is 3.86. The fourth-order valence-electron chi connectivity index (χ4n) is 4.86. The number of ether oxygens (including phenoxy) is 3. The number of fused-ring (bicyclic) bond motifs is 2. The molecule has 0 aromatic heterocycles. The van der Waals surface area contributed by atoms with Crippen molar-refractivity contribution in [3.05, 3.63) is 58.5 Å². The summed E-state index contributed by atoms with van der Waals surface area (Å²) in [6.45, 7) is 6.98. The van der Waals surface area contributed by atoms with Gasteiger partial charge in [0.05, 0.1) is 23.6 Å². The first-order valence-corrected chi connectivity index (χ1v) is 13.1. The van der Waals surface area contributed by atoms with Crippen LogP contribution in [-0.2, 0) is 28.6 Å². The molecule has 0 spiro atoms. The molecule has 0 fully saturated rings. The van der Waals surface area contributed by atoms with Gasteiger partial charge in [0, 0.05) is 44.4 Å². The van der Waals surface area contributed by atoms with E-state index < -0.39 is 53.9 Å². The van der Waals surface area contributed by atoms with Gasteiger partial charge in [0.2, 0.25) is 11.6 Å². The van der Waals surface area contributed by atoms with Gasteiger partial charge < -0.3 is 35.7 Å². The van der Waals surface area contributed by atoms with Gasteiger partial charge >= 0.3 is 6.09 Å². The molecule has 5 N–H and O–H groups in total. The zero-order chi connectivity index (χ0) is 30.1. The van der Waals surface area contributed by atoms with E-state index in [9.17, 15) is 24.3 Å². The molecule has 2 rings (SSSR count). The Morgan fingerprint density at radius 3 is 2.40 bits per heavy atom. The number of Topliss-reactive ketones (excluding diaryl/α,β-unsaturated/α-hetero) is 1. The molecule has 0 aromatic rings. The van der Waals surface area contributed by atoms with Gasteiger partial charge in [-0.15, -0.1) is 0 Å². The summed E-state index contributed by atoms with van der Waals surface area (Å²) >= 11 is 0. The van der Waals surface area contributed by atoms with E-state index in [1.807, 2.05) is 6.92 Å². The van der Waals surface area contributed by atoms with Gasteiger partial charge in [0.1, 0.15) is 6.10 Å². The molecule has 1 heterocycles. The van der Waals surface area contributed by atoms with Gasteiger partial charge in [-0.3, -0.25) is 14.4 Å². The van der Waals surface area contributed by atoms with Crippen molar-refractivity contribution in [1.29, 1.82) is 0 Å². The van der Waals surface area contributed by atoms with E-state index in [2.05, 4.69) is 10.6 Å². The second kappa shape index (κ2) is 14.7. The number of hydrogen-bond donors (Lipinski definition) is 4. The Morgan fingerprint density at radius 1 is 1.15 bits per heavy atom. The van der Waals surface area contributed by atoms with Gasteiger partial charge in [-0.25, -0.2) is 4.79 Å². The van der Waals surface area contributed by atoms with Gasteiger partial charge in [-0.2, -0.15) is 0 Å². The third-order valence-corrected chi connectivity index (χ3v) is 7.04. The van der Waals surface area contributed by atoms with Crippen LogP contribution in [0.1, 0.15) is 40.5 Å². The smallest absolute Gasteiger partial charge is 0.405 e. The van der Waals surface area contributed by atoms with E-state index in [0.29, 0.717) is 12.0 Å². The number of aliphatic hydroxyl groups is 1. The molecule has 2 unspecified atom stereocenters. The highest BCUT2D eigenvalue weighted by atomic mass is 16.6. The highest BCUT2D eigenvalue weighted by molar-refractivity contribution is 6.23. The van der Waals surface area contributed by atoms with Gasteiger partial charge in [-0.1, -0.05) is 38.2 Å². The Morgan fingerprint density at radius 2 is 1.82 bits per heavy atom. The SMILES string of the molecule is CNC1=C2CC(C)CC(OC)[C@@H](O)[C@H](C)C=C(C)[C@@H](OC(N)=O)[C@H](OC)C=CC=C(C)C(=O)NC(=CC1=O)C2=O. The molecule has 0 radical (unpaired) electrons. The van der Waals surface area contributed by atoms with Crippen LogP contribution < -0.4 is 16.4 Å². The van der Waals surface area contributed by atoms with Crippen LogP contribution in [0.2, 0.25) is 0 Å². The number of ketones is 2. The molecule has 2 amide bonds. The molecule has 220 valence electrons. The number of hydrogen-bond acceptors (Lipinski definition) is 9. The van der Waals surface area contributed by atoms with Crippen molar-refractivity contribution < 1.29 is 38.5 Å². The van der Waals surface area contributed by atoms with E-state index in [0.717, 1.165) is 6.08 Å². The number of rotatable bonds is 4. The van der Waals surface area contributed by atoms with Crippen molar-refractivity contribution in [3.63, 3.8) is 0 Å². The van der Waals surface area contributed by atoms with E-state index in [1.54, 1.807) is 46.0 Å². The molecular weight excluding hydrogens is 518 g/mol. The van der Waals surface area contributed by atoms with Crippen molar-refractivity contribution >= 4 is 23.6 Å². The number of carbonyl (C=O) groups excluding carboxylic acids is 4. The first-order valence-electron chi connectivity index (χ1n) is 13.1. The lowest BCUT2D eigenvalue weighted by atomic mass is 9.85. The highest BCUT2D eigenvalue weighted by Crippen LogP contribution is 2.28. The Hall–Kier alpha value is -3.54. The molecule has 11 nitrogen and oxygen atoms in total. The van der Waals surface area contributed by atoms with Gasteiger partial charge in [0.25, 0.3) is 5.91 Å². The normalized spacial score (nSPS) is 29.3. The number of carbonyl (C=O) groups is 4. The van der Waals surface area contributed by atoms with Crippen molar-refractivity contribution in [3.8, 4) is 0 Å². The van der Waals surface area contributed by atoms with E-state index in [4.69, 9.17) is 19.9 Å². The number of nitrogens with one attached hydrogen (secondary N) is 2. The minimum atomic E-state index is -0.997. The van der Waals surface area contributed by atoms with Crippen molar-refractivity contribution in [2.75, 3.05) is 21.3 Å². The maximum atomic E-state index is 13.4. The number of primary amides is 1. The molecule has 1 aliphatic heterocycles. The maximum absolute atomic E-state index is 13.4. The van der Waals surface area contributed by atoms with Crippen LogP contribution in [-0.4, -0.2) is 74.4 Å². The van der Waals surface area contributed by atoms with Gasteiger partial charge in [0.15, 0.2) is 6.10 Å². The quantitative estimate of drug-likeness (QED) is 0.297. The highest BCUT2D eigenvalue weighted by Gasteiger charge is 2.33. The van der Waals surface area contributed by atoms with E-state index >= 15 is 0 Å². The lowest BCUT2D eigenvalue weighted by Gasteiger charge is -2.30. The van der Waals surface area contributed by atoms with Crippen molar-refractivity contribution in [2.45, 2.75) is 65.0 Å². The molecule has 1 aliphatic carbocycles. The third-order valence-electron chi connectivity index (χ3n) is 7.04. The number of aliphatic hydroxyl groups excluding tert-OH is 1. The molecule has 0 saturated carbocycles. The fraction of sp³-hybridized carbons (Fsp3) is 0.517. The first kappa shape index (κ1) is 32.7. The topological polar surface area (TPSA) is 166 Å². The average Bonchev–Trinajstić information content (AvgIpc) is 2.90. The molecule has 2 aliphatic rings. The number of nitrogens with two attached hydrogens (primary N) is 1. The largest absolute Gasteiger partial charge is 0.439 e. The molecule has 0 aromatic carbocycles. The summed E-state index contributed by atoms with van der Waals surface area (Å²) in [5.41, 5.74) is 6.47. The molecule has 0 saturated heterocycles. The molecular formula is C29H41N3O8. The monoisotopic (exact) mass is 559 g/mol. The first-order chi connectivity index (χ1) is 18.8. The number of amides is 2. The predicted molar refractivity (Wildman–Crippen MR) is 149 cm³/mol. The molecule has 6 atom stereocenters. The van der Waals surface area contributed by atoms with Crippen LogP contribution in [0, 0.1) is 11.8 Å².